The molecule has 7 nitrogen and oxygen atoms in total. The predicted molar refractivity (Wildman–Crippen MR) is 129 cm³/mol. The van der Waals surface area contributed by atoms with Crippen molar-refractivity contribution in [3.05, 3.63) is 53.7 Å². The highest BCUT2D eigenvalue weighted by molar-refractivity contribution is 5.94. The summed E-state index contributed by atoms with van der Waals surface area (Å²) in [5.74, 6) is 1.46. The molecule has 0 aliphatic carbocycles. The van der Waals surface area contributed by atoms with Crippen molar-refractivity contribution in [3.63, 3.8) is 0 Å². The monoisotopic (exact) mass is 451 g/mol. The number of ether oxygens (including phenoxy) is 2. The van der Waals surface area contributed by atoms with Crippen LogP contribution in [-0.4, -0.2) is 48.0 Å². The molecule has 2 amide bonds. The number of aryl methyl sites for hydroxylation is 1. The molecule has 0 radical (unpaired) electrons. The maximum Gasteiger partial charge on any atom is 0.246 e. The molecule has 33 heavy (non-hydrogen) atoms. The average molecular weight is 452 g/mol. The molecular weight excluding hydrogens is 418 g/mol. The first-order valence-electron chi connectivity index (χ1n) is 11.6. The van der Waals surface area contributed by atoms with Crippen molar-refractivity contribution < 1.29 is 19.1 Å². The number of hydrogen-bond donors (Lipinski definition) is 1. The van der Waals surface area contributed by atoms with Crippen LogP contribution < -0.4 is 14.8 Å². The molecule has 1 aromatic carbocycles. The molecule has 3 rings (SSSR count). The van der Waals surface area contributed by atoms with Crippen LogP contribution in [0.4, 0.5) is 5.82 Å². The third kappa shape index (κ3) is 7.07. The number of nitrogens with one attached hydrogen (secondary N) is 1. The second-order valence-corrected chi connectivity index (χ2v) is 8.10. The van der Waals surface area contributed by atoms with Gasteiger partial charge in [-0.3, -0.25) is 9.59 Å². The van der Waals surface area contributed by atoms with Gasteiger partial charge in [0.2, 0.25) is 11.8 Å². The Labute approximate surface area is 195 Å². The lowest BCUT2D eigenvalue weighted by atomic mass is 9.97. The molecule has 1 aliphatic rings. The minimum atomic E-state index is -0.252. The van der Waals surface area contributed by atoms with Crippen molar-refractivity contribution in [2.24, 2.45) is 5.92 Å². The topological polar surface area (TPSA) is 80.8 Å². The lowest BCUT2D eigenvalue weighted by molar-refractivity contribution is -0.130. The van der Waals surface area contributed by atoms with Crippen molar-refractivity contribution >= 4 is 23.7 Å². The quantitative estimate of drug-likeness (QED) is 0.569. The summed E-state index contributed by atoms with van der Waals surface area (Å²) in [5, 5.41) is 2.88. The number of hydrogen-bond acceptors (Lipinski definition) is 5. The first kappa shape index (κ1) is 24.3. The van der Waals surface area contributed by atoms with Crippen LogP contribution in [0, 0.1) is 12.8 Å². The van der Waals surface area contributed by atoms with E-state index in [0.29, 0.717) is 43.6 Å². The molecule has 1 unspecified atom stereocenters. The highest BCUT2D eigenvalue weighted by Crippen LogP contribution is 2.29. The summed E-state index contributed by atoms with van der Waals surface area (Å²) in [7, 11) is 0. The van der Waals surface area contributed by atoms with E-state index in [0.717, 1.165) is 30.5 Å². The molecule has 0 bridgehead atoms. The summed E-state index contributed by atoms with van der Waals surface area (Å²) in [4.78, 5) is 31.6. The number of carbonyl (C=O) groups excluding carboxylic acids is 2. The first-order chi connectivity index (χ1) is 16.0. The number of rotatable bonds is 9. The molecule has 1 aromatic heterocycles. The summed E-state index contributed by atoms with van der Waals surface area (Å²) >= 11 is 0. The van der Waals surface area contributed by atoms with E-state index in [1.807, 2.05) is 44.2 Å². The molecule has 1 atom stereocenters. The summed E-state index contributed by atoms with van der Waals surface area (Å²) in [5.41, 5.74) is 1.70. The van der Waals surface area contributed by atoms with E-state index in [9.17, 15) is 9.59 Å². The largest absolute Gasteiger partial charge is 0.490 e. The van der Waals surface area contributed by atoms with E-state index in [2.05, 4.69) is 17.2 Å². The van der Waals surface area contributed by atoms with Gasteiger partial charge in [-0.05, 0) is 69.0 Å². The van der Waals surface area contributed by atoms with Crippen molar-refractivity contribution in [1.29, 1.82) is 0 Å². The molecule has 0 saturated carbocycles. The minimum Gasteiger partial charge on any atom is -0.490 e. The van der Waals surface area contributed by atoms with Crippen LogP contribution in [-0.2, 0) is 9.59 Å². The second-order valence-electron chi connectivity index (χ2n) is 8.10. The van der Waals surface area contributed by atoms with Crippen molar-refractivity contribution in [2.45, 2.75) is 40.0 Å². The maximum absolute atomic E-state index is 12.8. The van der Waals surface area contributed by atoms with Crippen LogP contribution in [0.25, 0.3) is 6.08 Å². The molecule has 0 spiro atoms. The number of pyridine rings is 1. The second kappa shape index (κ2) is 12.0. The van der Waals surface area contributed by atoms with Crippen LogP contribution in [0.15, 0.2) is 42.5 Å². The number of carbonyl (C=O) groups is 2. The fraction of sp³-hybridized carbons (Fsp3) is 0.423. The van der Waals surface area contributed by atoms with E-state index >= 15 is 0 Å². The Bertz CT molecular complexity index is 989. The Kier molecular flexibility index (Phi) is 8.87. The van der Waals surface area contributed by atoms with Crippen molar-refractivity contribution in [1.82, 2.24) is 9.88 Å². The lowest BCUT2D eigenvalue weighted by Gasteiger charge is -2.31. The number of nitrogens with zero attached hydrogens (tertiary/aromatic N) is 2. The van der Waals surface area contributed by atoms with Gasteiger partial charge in [-0.15, -0.1) is 0 Å². The third-order valence-corrected chi connectivity index (χ3v) is 5.39. The Morgan fingerprint density at radius 3 is 2.79 bits per heavy atom. The number of likely N-dealkylation sites (tertiary alicyclic amines) is 1. The van der Waals surface area contributed by atoms with Gasteiger partial charge in [-0.2, -0.15) is 0 Å². The number of aromatic nitrogens is 1. The SMILES string of the molecule is CCCOc1ccc(/C=C/C(=O)N2CCCC(C(=O)Nc3cccc(C)n3)C2)cc1OCC. The molecule has 1 saturated heterocycles. The molecular formula is C26H33N3O4. The predicted octanol–water partition coefficient (Wildman–Crippen LogP) is 4.47. The van der Waals surface area contributed by atoms with E-state index in [1.165, 1.54) is 0 Å². The van der Waals surface area contributed by atoms with Crippen LogP contribution in [0.1, 0.15) is 44.4 Å². The Morgan fingerprint density at radius 2 is 2.03 bits per heavy atom. The van der Waals surface area contributed by atoms with Gasteiger partial charge in [0.1, 0.15) is 5.82 Å². The minimum absolute atomic E-state index is 0.0985. The lowest BCUT2D eigenvalue weighted by Crippen LogP contribution is -2.43. The van der Waals surface area contributed by atoms with Gasteiger partial charge in [0.05, 0.1) is 19.1 Å². The van der Waals surface area contributed by atoms with Crippen molar-refractivity contribution in [2.75, 3.05) is 31.6 Å². The van der Waals surface area contributed by atoms with E-state index < -0.39 is 0 Å². The molecule has 176 valence electrons. The van der Waals surface area contributed by atoms with E-state index in [1.54, 1.807) is 23.1 Å². The summed E-state index contributed by atoms with van der Waals surface area (Å²) in [6, 6.07) is 11.2. The normalized spacial score (nSPS) is 16.0. The van der Waals surface area contributed by atoms with Gasteiger partial charge >= 0.3 is 0 Å². The van der Waals surface area contributed by atoms with Gasteiger partial charge in [0.25, 0.3) is 0 Å². The fourth-order valence-electron chi connectivity index (χ4n) is 3.73. The smallest absolute Gasteiger partial charge is 0.246 e. The van der Waals surface area contributed by atoms with Crippen LogP contribution in [0.3, 0.4) is 0 Å². The van der Waals surface area contributed by atoms with Crippen LogP contribution >= 0.6 is 0 Å². The van der Waals surface area contributed by atoms with Crippen LogP contribution in [0.2, 0.25) is 0 Å². The van der Waals surface area contributed by atoms with Gasteiger partial charge in [0.15, 0.2) is 11.5 Å². The first-order valence-corrected chi connectivity index (χ1v) is 11.6. The zero-order valence-corrected chi connectivity index (χ0v) is 19.7. The molecule has 1 N–H and O–H groups in total. The van der Waals surface area contributed by atoms with Gasteiger partial charge in [-0.1, -0.05) is 19.1 Å². The summed E-state index contributed by atoms with van der Waals surface area (Å²) in [6.45, 7) is 8.05. The highest BCUT2D eigenvalue weighted by Gasteiger charge is 2.27. The Balaban J connectivity index is 1.61. The zero-order valence-electron chi connectivity index (χ0n) is 19.7. The standard InChI is InChI=1S/C26H33N3O4/c1-4-16-33-22-13-11-20(17-23(22)32-5-2)12-14-25(30)29-15-7-9-21(18-29)26(31)28-24-10-6-8-19(3)27-24/h6,8,10-14,17,21H,4-5,7,9,15-16,18H2,1-3H3,(H,27,28,31)/b14-12+. The molecule has 7 heteroatoms. The number of benzene rings is 1. The summed E-state index contributed by atoms with van der Waals surface area (Å²) < 4.78 is 11.4. The number of piperidine rings is 1. The Morgan fingerprint density at radius 1 is 1.18 bits per heavy atom. The van der Waals surface area contributed by atoms with E-state index in [4.69, 9.17) is 9.47 Å². The number of amides is 2. The van der Waals surface area contributed by atoms with E-state index in [-0.39, 0.29) is 17.7 Å². The Hall–Kier alpha value is -3.35. The average Bonchev–Trinajstić information content (AvgIpc) is 2.82. The van der Waals surface area contributed by atoms with Crippen molar-refractivity contribution in [3.8, 4) is 11.5 Å². The zero-order chi connectivity index (χ0) is 23.6. The van der Waals surface area contributed by atoms with Gasteiger partial charge in [-0.25, -0.2) is 4.98 Å². The number of anilines is 1. The molecule has 1 aliphatic heterocycles. The molecule has 1 fully saturated rings. The van der Waals surface area contributed by atoms with Gasteiger partial charge in [0, 0.05) is 24.9 Å². The third-order valence-electron chi connectivity index (χ3n) is 5.39. The fourth-order valence-corrected chi connectivity index (χ4v) is 3.73. The molecule has 2 heterocycles. The maximum atomic E-state index is 12.8. The van der Waals surface area contributed by atoms with Crippen LogP contribution in [0.5, 0.6) is 11.5 Å². The molecule has 2 aromatic rings. The summed E-state index contributed by atoms with van der Waals surface area (Å²) in [6.07, 6.45) is 5.78. The van der Waals surface area contributed by atoms with Gasteiger partial charge < -0.3 is 19.7 Å². The highest BCUT2D eigenvalue weighted by atomic mass is 16.5.